The Hall–Kier alpha value is -1.68. The van der Waals surface area contributed by atoms with Crippen molar-refractivity contribution in [2.45, 2.75) is 19.9 Å². The van der Waals surface area contributed by atoms with E-state index in [4.69, 9.17) is 21.8 Å². The molecule has 0 radical (unpaired) electrons. The van der Waals surface area contributed by atoms with Crippen molar-refractivity contribution in [3.8, 4) is 0 Å². The lowest BCUT2D eigenvalue weighted by Gasteiger charge is -2.13. The van der Waals surface area contributed by atoms with Gasteiger partial charge in [0.15, 0.2) is 5.82 Å². The summed E-state index contributed by atoms with van der Waals surface area (Å²) >= 11 is 5.82. The summed E-state index contributed by atoms with van der Waals surface area (Å²) in [6, 6.07) is 7.20. The van der Waals surface area contributed by atoms with E-state index in [1.165, 1.54) is 0 Å². The van der Waals surface area contributed by atoms with Crippen LogP contribution in [-0.2, 0) is 0 Å². The van der Waals surface area contributed by atoms with E-state index in [-0.39, 0.29) is 6.04 Å². The summed E-state index contributed by atoms with van der Waals surface area (Å²) in [5.74, 6) is 2.28. The summed E-state index contributed by atoms with van der Waals surface area (Å²) in [4.78, 5) is 4.13. The summed E-state index contributed by atoms with van der Waals surface area (Å²) in [5, 5.41) is 3.57. The SMILES string of the molecule is Cc1ccc(C(C)Nc2nc(Cl)ccc2N)o1. The van der Waals surface area contributed by atoms with Gasteiger partial charge in [0.25, 0.3) is 0 Å². The Morgan fingerprint density at radius 3 is 2.76 bits per heavy atom. The third-order valence-corrected chi connectivity index (χ3v) is 2.64. The molecule has 0 fully saturated rings. The molecular formula is C12H14ClN3O. The normalized spacial score (nSPS) is 12.4. The lowest BCUT2D eigenvalue weighted by Crippen LogP contribution is -2.09. The highest BCUT2D eigenvalue weighted by molar-refractivity contribution is 6.29. The minimum Gasteiger partial charge on any atom is -0.464 e. The highest BCUT2D eigenvalue weighted by Gasteiger charge is 2.11. The van der Waals surface area contributed by atoms with Crippen LogP contribution in [0.1, 0.15) is 24.5 Å². The minimum atomic E-state index is -0.0167. The van der Waals surface area contributed by atoms with Crippen LogP contribution in [0.15, 0.2) is 28.7 Å². The molecule has 5 heteroatoms. The van der Waals surface area contributed by atoms with Crippen molar-refractivity contribution in [2.24, 2.45) is 0 Å². The van der Waals surface area contributed by atoms with Crippen LogP contribution in [0.4, 0.5) is 11.5 Å². The molecule has 2 rings (SSSR count). The van der Waals surface area contributed by atoms with E-state index in [2.05, 4.69) is 10.3 Å². The molecule has 0 amide bonds. The predicted octanol–water partition coefficient (Wildman–Crippen LogP) is 3.39. The molecule has 0 saturated carbocycles. The van der Waals surface area contributed by atoms with Gasteiger partial charge in [-0.25, -0.2) is 4.98 Å². The maximum atomic E-state index is 5.82. The van der Waals surface area contributed by atoms with Crippen LogP contribution in [0.25, 0.3) is 0 Å². The van der Waals surface area contributed by atoms with Gasteiger partial charge in [-0.3, -0.25) is 0 Å². The van der Waals surface area contributed by atoms with Gasteiger partial charge in [-0.2, -0.15) is 0 Å². The Kier molecular flexibility index (Phi) is 3.24. The standard InChI is InChI=1S/C12H14ClN3O/c1-7-3-5-10(17-7)8(2)15-12-9(14)4-6-11(13)16-12/h3-6,8H,14H2,1-2H3,(H,15,16). The number of nitrogens with zero attached hydrogens (tertiary/aromatic N) is 1. The van der Waals surface area contributed by atoms with Crippen molar-refractivity contribution < 1.29 is 4.42 Å². The number of pyridine rings is 1. The first-order chi connectivity index (χ1) is 8.06. The molecule has 0 aromatic carbocycles. The van der Waals surface area contributed by atoms with Crippen molar-refractivity contribution in [2.75, 3.05) is 11.1 Å². The highest BCUT2D eigenvalue weighted by atomic mass is 35.5. The summed E-state index contributed by atoms with van der Waals surface area (Å²) < 4.78 is 5.52. The highest BCUT2D eigenvalue weighted by Crippen LogP contribution is 2.24. The Bertz CT molecular complexity index is 524. The Labute approximate surface area is 105 Å². The summed E-state index contributed by atoms with van der Waals surface area (Å²) in [6.45, 7) is 3.88. The smallest absolute Gasteiger partial charge is 0.151 e. The molecule has 2 aromatic rings. The first-order valence-corrected chi connectivity index (χ1v) is 5.69. The molecule has 0 saturated heterocycles. The number of hydrogen-bond donors (Lipinski definition) is 2. The third kappa shape index (κ3) is 2.71. The number of nitrogens with two attached hydrogens (primary N) is 1. The largest absolute Gasteiger partial charge is 0.464 e. The predicted molar refractivity (Wildman–Crippen MR) is 69.1 cm³/mol. The fraction of sp³-hybridized carbons (Fsp3) is 0.250. The van der Waals surface area contributed by atoms with Crippen LogP contribution < -0.4 is 11.1 Å². The van der Waals surface area contributed by atoms with Gasteiger partial charge in [-0.05, 0) is 38.1 Å². The van der Waals surface area contributed by atoms with Gasteiger partial charge in [-0.1, -0.05) is 11.6 Å². The number of rotatable bonds is 3. The molecule has 2 heterocycles. The molecule has 1 atom stereocenters. The fourth-order valence-corrected chi connectivity index (χ4v) is 1.67. The summed E-state index contributed by atoms with van der Waals surface area (Å²) in [5.41, 5.74) is 6.37. The Morgan fingerprint density at radius 1 is 1.35 bits per heavy atom. The number of furan rings is 1. The van der Waals surface area contributed by atoms with Crippen LogP contribution in [0.2, 0.25) is 5.15 Å². The molecule has 90 valence electrons. The van der Waals surface area contributed by atoms with Crippen molar-refractivity contribution in [1.29, 1.82) is 0 Å². The van der Waals surface area contributed by atoms with E-state index in [1.807, 2.05) is 26.0 Å². The van der Waals surface area contributed by atoms with Crippen LogP contribution in [0.5, 0.6) is 0 Å². The number of halogens is 1. The van der Waals surface area contributed by atoms with Crippen molar-refractivity contribution >= 4 is 23.1 Å². The maximum Gasteiger partial charge on any atom is 0.151 e. The lowest BCUT2D eigenvalue weighted by molar-refractivity contribution is 0.466. The maximum absolute atomic E-state index is 5.82. The minimum absolute atomic E-state index is 0.0167. The number of nitrogen functional groups attached to an aromatic ring is 1. The molecule has 3 N–H and O–H groups in total. The van der Waals surface area contributed by atoms with E-state index in [0.717, 1.165) is 11.5 Å². The zero-order chi connectivity index (χ0) is 12.4. The van der Waals surface area contributed by atoms with E-state index in [9.17, 15) is 0 Å². The van der Waals surface area contributed by atoms with Gasteiger partial charge in [0.05, 0.1) is 11.7 Å². The zero-order valence-electron chi connectivity index (χ0n) is 9.70. The Balaban J connectivity index is 2.18. The molecule has 0 spiro atoms. The second-order valence-corrected chi connectivity index (χ2v) is 4.27. The topological polar surface area (TPSA) is 64.1 Å². The molecule has 2 aromatic heterocycles. The number of aryl methyl sites for hydroxylation is 1. The molecule has 0 aliphatic heterocycles. The molecule has 0 aliphatic rings. The van der Waals surface area contributed by atoms with Gasteiger partial charge in [0.2, 0.25) is 0 Å². The molecule has 0 aliphatic carbocycles. The summed E-state index contributed by atoms with van der Waals surface area (Å²) in [7, 11) is 0. The first-order valence-electron chi connectivity index (χ1n) is 5.31. The van der Waals surface area contributed by atoms with Crippen LogP contribution in [-0.4, -0.2) is 4.98 Å². The second kappa shape index (κ2) is 4.67. The fourth-order valence-electron chi connectivity index (χ4n) is 1.52. The molecule has 0 bridgehead atoms. The van der Waals surface area contributed by atoms with Crippen molar-refractivity contribution in [3.05, 3.63) is 40.9 Å². The average molecular weight is 252 g/mol. The lowest BCUT2D eigenvalue weighted by atomic mass is 10.2. The number of anilines is 2. The van der Waals surface area contributed by atoms with E-state index >= 15 is 0 Å². The monoisotopic (exact) mass is 251 g/mol. The Morgan fingerprint density at radius 2 is 2.12 bits per heavy atom. The van der Waals surface area contributed by atoms with E-state index in [0.29, 0.717) is 16.7 Å². The van der Waals surface area contributed by atoms with Crippen LogP contribution in [0, 0.1) is 6.92 Å². The molecular weight excluding hydrogens is 238 g/mol. The van der Waals surface area contributed by atoms with Gasteiger partial charge in [-0.15, -0.1) is 0 Å². The molecule has 4 nitrogen and oxygen atoms in total. The number of nitrogens with one attached hydrogen (secondary N) is 1. The average Bonchev–Trinajstić information content (AvgIpc) is 2.70. The van der Waals surface area contributed by atoms with Crippen molar-refractivity contribution in [3.63, 3.8) is 0 Å². The van der Waals surface area contributed by atoms with Crippen LogP contribution >= 0.6 is 11.6 Å². The number of hydrogen-bond acceptors (Lipinski definition) is 4. The van der Waals surface area contributed by atoms with E-state index in [1.54, 1.807) is 12.1 Å². The first kappa shape index (κ1) is 11.8. The summed E-state index contributed by atoms with van der Waals surface area (Å²) in [6.07, 6.45) is 0. The van der Waals surface area contributed by atoms with Gasteiger partial charge < -0.3 is 15.5 Å². The van der Waals surface area contributed by atoms with E-state index < -0.39 is 0 Å². The van der Waals surface area contributed by atoms with Gasteiger partial charge >= 0.3 is 0 Å². The second-order valence-electron chi connectivity index (χ2n) is 3.89. The van der Waals surface area contributed by atoms with Gasteiger partial charge in [0.1, 0.15) is 16.7 Å². The molecule has 1 unspecified atom stereocenters. The quantitative estimate of drug-likeness (QED) is 0.821. The van der Waals surface area contributed by atoms with Crippen LogP contribution in [0.3, 0.4) is 0 Å². The zero-order valence-corrected chi connectivity index (χ0v) is 10.5. The van der Waals surface area contributed by atoms with Crippen molar-refractivity contribution in [1.82, 2.24) is 4.98 Å². The third-order valence-electron chi connectivity index (χ3n) is 2.43. The number of aromatic nitrogens is 1. The van der Waals surface area contributed by atoms with Gasteiger partial charge in [0, 0.05) is 0 Å². The molecule has 17 heavy (non-hydrogen) atoms.